The van der Waals surface area contributed by atoms with Crippen LogP contribution in [0.25, 0.3) is 0 Å². The van der Waals surface area contributed by atoms with E-state index < -0.39 is 0 Å². The van der Waals surface area contributed by atoms with Crippen molar-refractivity contribution in [3.63, 3.8) is 0 Å². The Kier molecular flexibility index (Phi) is 6.13. The summed E-state index contributed by atoms with van der Waals surface area (Å²) >= 11 is 0. The fourth-order valence-electron chi connectivity index (χ4n) is 4.22. The van der Waals surface area contributed by atoms with Crippen LogP contribution in [0.5, 0.6) is 0 Å². The van der Waals surface area contributed by atoms with Gasteiger partial charge in [-0.05, 0) is 74.9 Å². The quantitative estimate of drug-likeness (QED) is 0.832. The Labute approximate surface area is 172 Å². The number of hydrogen-bond donors (Lipinski definition) is 1. The zero-order valence-corrected chi connectivity index (χ0v) is 16.9. The Morgan fingerprint density at radius 2 is 1.34 bits per heavy atom. The highest BCUT2D eigenvalue weighted by molar-refractivity contribution is 6.09. The number of anilines is 2. The van der Waals surface area contributed by atoms with Crippen molar-refractivity contribution in [1.29, 1.82) is 0 Å². The van der Waals surface area contributed by atoms with Crippen molar-refractivity contribution in [2.45, 2.75) is 38.5 Å². The van der Waals surface area contributed by atoms with Crippen LogP contribution in [0.1, 0.15) is 59.2 Å². The first-order valence-electron chi connectivity index (χ1n) is 10.8. The maximum absolute atomic E-state index is 12.9. The molecular formula is C24H29N3O2. The lowest BCUT2D eigenvalue weighted by Crippen LogP contribution is -2.36. The SMILES string of the molecule is O=C(Nc1ccccc1C(=O)N1CCCCC1)c1ccc(N2CCCCC2)cc1. The molecule has 0 aromatic heterocycles. The summed E-state index contributed by atoms with van der Waals surface area (Å²) in [5, 5.41) is 2.95. The molecule has 2 aromatic rings. The Balaban J connectivity index is 1.46. The van der Waals surface area contributed by atoms with Crippen molar-refractivity contribution < 1.29 is 9.59 Å². The predicted molar refractivity (Wildman–Crippen MR) is 117 cm³/mol. The smallest absolute Gasteiger partial charge is 0.255 e. The topological polar surface area (TPSA) is 52.7 Å². The third kappa shape index (κ3) is 4.61. The van der Waals surface area contributed by atoms with E-state index in [9.17, 15) is 9.59 Å². The van der Waals surface area contributed by atoms with Crippen LogP contribution >= 0.6 is 0 Å². The largest absolute Gasteiger partial charge is 0.372 e. The first-order chi connectivity index (χ1) is 14.2. The normalized spacial score (nSPS) is 17.1. The van der Waals surface area contributed by atoms with Crippen molar-refractivity contribution in [2.24, 2.45) is 0 Å². The van der Waals surface area contributed by atoms with Crippen LogP contribution in [0.4, 0.5) is 11.4 Å². The summed E-state index contributed by atoms with van der Waals surface area (Å²) in [6, 6.07) is 15.1. The molecule has 2 saturated heterocycles. The molecule has 2 aliphatic rings. The summed E-state index contributed by atoms with van der Waals surface area (Å²) in [6.07, 6.45) is 7.02. The zero-order valence-electron chi connectivity index (χ0n) is 16.9. The molecule has 5 heteroatoms. The van der Waals surface area contributed by atoms with Gasteiger partial charge in [0.05, 0.1) is 11.3 Å². The number of carbonyl (C=O) groups excluding carboxylic acids is 2. The van der Waals surface area contributed by atoms with Crippen LogP contribution in [0.15, 0.2) is 48.5 Å². The van der Waals surface area contributed by atoms with Crippen LogP contribution < -0.4 is 10.2 Å². The van der Waals surface area contributed by atoms with Gasteiger partial charge < -0.3 is 15.1 Å². The van der Waals surface area contributed by atoms with Crippen LogP contribution in [0, 0.1) is 0 Å². The minimum Gasteiger partial charge on any atom is -0.372 e. The van der Waals surface area contributed by atoms with E-state index >= 15 is 0 Å². The highest BCUT2D eigenvalue weighted by Crippen LogP contribution is 2.23. The molecule has 2 heterocycles. The highest BCUT2D eigenvalue weighted by atomic mass is 16.2. The third-order valence-corrected chi connectivity index (χ3v) is 5.90. The molecule has 0 aliphatic carbocycles. The number of carbonyl (C=O) groups is 2. The molecule has 2 aliphatic heterocycles. The first-order valence-corrected chi connectivity index (χ1v) is 10.8. The van der Waals surface area contributed by atoms with Gasteiger partial charge in [0.15, 0.2) is 0 Å². The van der Waals surface area contributed by atoms with E-state index in [1.807, 2.05) is 41.3 Å². The maximum Gasteiger partial charge on any atom is 0.255 e. The highest BCUT2D eigenvalue weighted by Gasteiger charge is 2.21. The lowest BCUT2D eigenvalue weighted by Gasteiger charge is -2.28. The van der Waals surface area contributed by atoms with Crippen molar-refractivity contribution in [3.05, 3.63) is 59.7 Å². The van der Waals surface area contributed by atoms with E-state index in [2.05, 4.69) is 10.2 Å². The maximum atomic E-state index is 12.9. The number of nitrogens with zero attached hydrogens (tertiary/aromatic N) is 2. The summed E-state index contributed by atoms with van der Waals surface area (Å²) in [7, 11) is 0. The van der Waals surface area contributed by atoms with Crippen LogP contribution in [0.3, 0.4) is 0 Å². The Bertz CT molecular complexity index is 851. The number of rotatable bonds is 4. The van der Waals surface area contributed by atoms with Crippen molar-refractivity contribution in [2.75, 3.05) is 36.4 Å². The lowest BCUT2D eigenvalue weighted by molar-refractivity contribution is 0.0725. The molecule has 1 N–H and O–H groups in total. The Hall–Kier alpha value is -2.82. The molecule has 4 rings (SSSR count). The molecule has 29 heavy (non-hydrogen) atoms. The van der Waals surface area contributed by atoms with Crippen LogP contribution in [-0.4, -0.2) is 42.9 Å². The van der Waals surface area contributed by atoms with Gasteiger partial charge in [0, 0.05) is 37.4 Å². The molecule has 2 fully saturated rings. The van der Waals surface area contributed by atoms with Gasteiger partial charge in [0.2, 0.25) is 0 Å². The average Bonchev–Trinajstić information content (AvgIpc) is 2.80. The standard InChI is InChI=1S/C24H29N3O2/c28-23(19-11-13-20(14-12-19)26-15-5-1-6-16-26)25-22-10-4-3-9-21(22)24(29)27-17-7-2-8-18-27/h3-4,9-14H,1-2,5-8,15-18H2,(H,25,28). The van der Waals surface area contributed by atoms with Gasteiger partial charge >= 0.3 is 0 Å². The fraction of sp³-hybridized carbons (Fsp3) is 0.417. The first kappa shape index (κ1) is 19.5. The van der Waals surface area contributed by atoms with Gasteiger partial charge in [-0.25, -0.2) is 0 Å². The number of nitrogens with one attached hydrogen (secondary N) is 1. The predicted octanol–water partition coefficient (Wildman–Crippen LogP) is 4.56. The summed E-state index contributed by atoms with van der Waals surface area (Å²) < 4.78 is 0. The molecular weight excluding hydrogens is 362 g/mol. The zero-order chi connectivity index (χ0) is 20.1. The second kappa shape index (κ2) is 9.12. The number of para-hydroxylation sites is 1. The van der Waals surface area contributed by atoms with Crippen molar-refractivity contribution >= 4 is 23.2 Å². The molecule has 0 radical (unpaired) electrons. The molecule has 5 nitrogen and oxygen atoms in total. The number of piperidine rings is 2. The van der Waals surface area contributed by atoms with Crippen LogP contribution in [0.2, 0.25) is 0 Å². The van der Waals surface area contributed by atoms with Gasteiger partial charge in [0.25, 0.3) is 11.8 Å². The summed E-state index contributed by atoms with van der Waals surface area (Å²) in [5.41, 5.74) is 2.91. The second-order valence-corrected chi connectivity index (χ2v) is 7.95. The summed E-state index contributed by atoms with van der Waals surface area (Å²) in [6.45, 7) is 3.74. The van der Waals surface area contributed by atoms with Gasteiger partial charge in [-0.3, -0.25) is 9.59 Å². The number of amides is 2. The van der Waals surface area contributed by atoms with Crippen molar-refractivity contribution in [3.8, 4) is 0 Å². The van der Waals surface area contributed by atoms with Gasteiger partial charge in [-0.1, -0.05) is 12.1 Å². The van der Waals surface area contributed by atoms with Crippen LogP contribution in [-0.2, 0) is 0 Å². The molecule has 0 atom stereocenters. The minimum atomic E-state index is -0.186. The van der Waals surface area contributed by atoms with E-state index in [0.29, 0.717) is 16.8 Å². The molecule has 2 aromatic carbocycles. The average molecular weight is 392 g/mol. The van der Waals surface area contributed by atoms with Gasteiger partial charge in [-0.15, -0.1) is 0 Å². The molecule has 152 valence electrons. The van der Waals surface area contributed by atoms with E-state index in [0.717, 1.165) is 39.0 Å². The molecule has 0 unspecified atom stereocenters. The molecule has 2 amide bonds. The Morgan fingerprint density at radius 3 is 2.03 bits per heavy atom. The minimum absolute atomic E-state index is 0.000969. The molecule has 0 spiro atoms. The molecule has 0 bridgehead atoms. The van der Waals surface area contributed by atoms with E-state index in [-0.39, 0.29) is 11.8 Å². The number of benzene rings is 2. The third-order valence-electron chi connectivity index (χ3n) is 5.90. The summed E-state index contributed by atoms with van der Waals surface area (Å²) in [4.78, 5) is 30.0. The number of hydrogen-bond acceptors (Lipinski definition) is 3. The van der Waals surface area contributed by atoms with E-state index in [4.69, 9.17) is 0 Å². The fourth-order valence-corrected chi connectivity index (χ4v) is 4.22. The summed E-state index contributed by atoms with van der Waals surface area (Å²) in [5.74, 6) is -0.185. The van der Waals surface area contributed by atoms with Crippen molar-refractivity contribution in [1.82, 2.24) is 4.90 Å². The number of likely N-dealkylation sites (tertiary alicyclic amines) is 1. The Morgan fingerprint density at radius 1 is 0.724 bits per heavy atom. The molecule has 0 saturated carbocycles. The lowest BCUT2D eigenvalue weighted by atomic mass is 10.1. The van der Waals surface area contributed by atoms with E-state index in [1.54, 1.807) is 12.1 Å². The van der Waals surface area contributed by atoms with E-state index in [1.165, 1.54) is 31.4 Å². The van der Waals surface area contributed by atoms with Gasteiger partial charge in [0.1, 0.15) is 0 Å². The monoisotopic (exact) mass is 391 g/mol. The van der Waals surface area contributed by atoms with Gasteiger partial charge in [-0.2, -0.15) is 0 Å². The second-order valence-electron chi connectivity index (χ2n) is 7.95.